The van der Waals surface area contributed by atoms with E-state index >= 15 is 0 Å². The van der Waals surface area contributed by atoms with Crippen molar-refractivity contribution in [3.05, 3.63) is 58.6 Å². The molecule has 1 atom stereocenters. The number of carbonyl (C=O) groups excluding carboxylic acids is 2. The number of carbonyl (C=O) groups is 2. The summed E-state index contributed by atoms with van der Waals surface area (Å²) in [6, 6.07) is 14.4. The smallest absolute Gasteiger partial charge is 0.256 e. The van der Waals surface area contributed by atoms with Crippen LogP contribution in [0.25, 0.3) is 0 Å². The first kappa shape index (κ1) is 14.8. The molecule has 0 unspecified atom stereocenters. The number of imide groups is 1. The van der Waals surface area contributed by atoms with Crippen molar-refractivity contribution in [1.82, 2.24) is 0 Å². The van der Waals surface area contributed by atoms with Gasteiger partial charge in [0, 0.05) is 10.2 Å². The Kier molecular flexibility index (Phi) is 3.98. The molecule has 1 aliphatic heterocycles. The average Bonchev–Trinajstić information content (AvgIpc) is 2.76. The predicted molar refractivity (Wildman–Crippen MR) is 89.8 cm³/mol. The van der Waals surface area contributed by atoms with Crippen LogP contribution in [0.2, 0.25) is 0 Å². The Balaban J connectivity index is 1.84. The molecule has 1 heterocycles. The number of hydrogen-bond donors (Lipinski definition) is 1. The van der Waals surface area contributed by atoms with Crippen molar-refractivity contribution in [2.24, 2.45) is 0 Å². The summed E-state index contributed by atoms with van der Waals surface area (Å²) in [5.41, 5.74) is 2.45. The van der Waals surface area contributed by atoms with Gasteiger partial charge in [0.2, 0.25) is 5.91 Å². The highest BCUT2D eigenvalue weighted by Crippen LogP contribution is 2.28. The van der Waals surface area contributed by atoms with Gasteiger partial charge >= 0.3 is 0 Å². The van der Waals surface area contributed by atoms with Crippen LogP contribution in [-0.2, 0) is 9.59 Å². The summed E-state index contributed by atoms with van der Waals surface area (Å²) in [4.78, 5) is 26.1. The first-order valence-corrected chi connectivity index (χ1v) is 7.80. The van der Waals surface area contributed by atoms with Crippen molar-refractivity contribution in [2.45, 2.75) is 19.4 Å². The summed E-state index contributed by atoms with van der Waals surface area (Å²) in [6.45, 7) is 1.94. The molecule has 0 saturated carbocycles. The third kappa shape index (κ3) is 2.76. The Bertz CT molecular complexity index is 745. The molecule has 112 valence electrons. The third-order valence-corrected chi connectivity index (χ3v) is 4.30. The Morgan fingerprint density at radius 3 is 2.64 bits per heavy atom. The normalized spacial score (nSPS) is 17.9. The van der Waals surface area contributed by atoms with E-state index in [1.807, 2.05) is 49.4 Å². The van der Waals surface area contributed by atoms with Crippen LogP contribution >= 0.6 is 15.9 Å². The molecular weight excluding hydrogens is 344 g/mol. The van der Waals surface area contributed by atoms with E-state index in [1.54, 1.807) is 6.07 Å². The number of aryl methyl sites for hydroxylation is 1. The van der Waals surface area contributed by atoms with E-state index < -0.39 is 6.04 Å². The van der Waals surface area contributed by atoms with Gasteiger partial charge in [0.25, 0.3) is 5.91 Å². The second-order valence-electron chi connectivity index (χ2n) is 5.29. The summed E-state index contributed by atoms with van der Waals surface area (Å²) in [6.07, 6.45) is 0.161. The van der Waals surface area contributed by atoms with Crippen molar-refractivity contribution >= 4 is 39.1 Å². The molecule has 2 aromatic carbocycles. The molecule has 0 bridgehead atoms. The summed E-state index contributed by atoms with van der Waals surface area (Å²) < 4.78 is 0.865. The minimum absolute atomic E-state index is 0.161. The summed E-state index contributed by atoms with van der Waals surface area (Å²) in [5, 5.41) is 3.14. The molecule has 1 N–H and O–H groups in total. The van der Waals surface area contributed by atoms with Crippen LogP contribution < -0.4 is 10.2 Å². The van der Waals surface area contributed by atoms with E-state index in [2.05, 4.69) is 21.2 Å². The maximum atomic E-state index is 12.6. The zero-order valence-electron chi connectivity index (χ0n) is 12.0. The zero-order valence-corrected chi connectivity index (χ0v) is 13.6. The molecule has 1 saturated heterocycles. The lowest BCUT2D eigenvalue weighted by molar-refractivity contribution is -0.121. The second-order valence-corrected chi connectivity index (χ2v) is 6.14. The topological polar surface area (TPSA) is 49.4 Å². The van der Waals surface area contributed by atoms with E-state index in [4.69, 9.17) is 0 Å². The van der Waals surface area contributed by atoms with Gasteiger partial charge in [-0.15, -0.1) is 0 Å². The highest BCUT2D eigenvalue weighted by Gasteiger charge is 2.39. The van der Waals surface area contributed by atoms with Gasteiger partial charge in [-0.05, 0) is 52.7 Å². The molecule has 1 aliphatic rings. The van der Waals surface area contributed by atoms with Gasteiger partial charge in [0.05, 0.1) is 12.1 Å². The molecule has 3 rings (SSSR count). The quantitative estimate of drug-likeness (QED) is 0.854. The lowest BCUT2D eigenvalue weighted by atomic mass is 10.2. The van der Waals surface area contributed by atoms with Crippen LogP contribution in [-0.4, -0.2) is 17.9 Å². The number of anilines is 2. The average molecular weight is 359 g/mol. The Hall–Kier alpha value is -2.14. The number of benzene rings is 2. The van der Waals surface area contributed by atoms with Crippen LogP contribution in [0.5, 0.6) is 0 Å². The minimum Gasteiger partial charge on any atom is -0.372 e. The van der Waals surface area contributed by atoms with Gasteiger partial charge in [-0.2, -0.15) is 0 Å². The minimum atomic E-state index is -0.535. The first-order chi connectivity index (χ1) is 10.6. The second kappa shape index (κ2) is 5.93. The number of para-hydroxylation sites is 1. The molecule has 0 aliphatic carbocycles. The number of halogens is 1. The number of nitrogens with zero attached hydrogens (tertiary/aromatic N) is 1. The van der Waals surface area contributed by atoms with Gasteiger partial charge in [-0.3, -0.25) is 9.59 Å². The van der Waals surface area contributed by atoms with E-state index in [-0.39, 0.29) is 18.2 Å². The lowest BCUT2D eigenvalue weighted by Gasteiger charge is -2.17. The Morgan fingerprint density at radius 2 is 1.91 bits per heavy atom. The van der Waals surface area contributed by atoms with Gasteiger partial charge in [0.1, 0.15) is 6.04 Å². The van der Waals surface area contributed by atoms with Gasteiger partial charge in [-0.25, -0.2) is 4.90 Å². The fourth-order valence-electron chi connectivity index (χ4n) is 2.55. The van der Waals surface area contributed by atoms with Gasteiger partial charge in [0.15, 0.2) is 0 Å². The molecule has 2 aromatic rings. The predicted octanol–water partition coefficient (Wildman–Crippen LogP) is 3.50. The van der Waals surface area contributed by atoms with Gasteiger partial charge in [-0.1, -0.05) is 24.3 Å². The lowest BCUT2D eigenvalue weighted by Crippen LogP contribution is -2.34. The van der Waals surface area contributed by atoms with Crippen molar-refractivity contribution in [3.8, 4) is 0 Å². The number of amides is 2. The first-order valence-electron chi connectivity index (χ1n) is 7.01. The van der Waals surface area contributed by atoms with Crippen molar-refractivity contribution < 1.29 is 9.59 Å². The van der Waals surface area contributed by atoms with E-state index in [9.17, 15) is 9.59 Å². The molecular formula is C17H15BrN2O2. The van der Waals surface area contributed by atoms with Crippen molar-refractivity contribution in [3.63, 3.8) is 0 Å². The highest BCUT2D eigenvalue weighted by atomic mass is 79.9. The highest BCUT2D eigenvalue weighted by molar-refractivity contribution is 9.10. The van der Waals surface area contributed by atoms with Crippen molar-refractivity contribution in [2.75, 3.05) is 10.2 Å². The monoisotopic (exact) mass is 358 g/mol. The fourth-order valence-corrected chi connectivity index (χ4v) is 2.95. The maximum Gasteiger partial charge on any atom is 0.256 e. The molecule has 1 fully saturated rings. The van der Waals surface area contributed by atoms with Crippen LogP contribution in [0.1, 0.15) is 12.0 Å². The molecule has 4 nitrogen and oxygen atoms in total. The molecule has 22 heavy (non-hydrogen) atoms. The number of hydrogen-bond acceptors (Lipinski definition) is 3. The van der Waals surface area contributed by atoms with Crippen LogP contribution in [0.4, 0.5) is 11.4 Å². The summed E-state index contributed by atoms with van der Waals surface area (Å²) in [7, 11) is 0. The molecule has 0 spiro atoms. The Morgan fingerprint density at radius 1 is 1.14 bits per heavy atom. The molecule has 0 aromatic heterocycles. The standard InChI is InChI=1S/C17H15BrN2O2/c1-11-5-4-6-12(9-11)20-16(21)10-15(17(20)22)19-14-8-3-2-7-13(14)18/h2-9,15,19H,10H2,1H3/t15-/m1/s1. The number of nitrogens with one attached hydrogen (secondary N) is 1. The summed E-state index contributed by atoms with van der Waals surface area (Å²) >= 11 is 3.44. The maximum absolute atomic E-state index is 12.6. The Labute approximate surface area is 137 Å². The van der Waals surface area contributed by atoms with Crippen LogP contribution in [0.15, 0.2) is 53.0 Å². The number of rotatable bonds is 3. The third-order valence-electron chi connectivity index (χ3n) is 3.61. The van der Waals surface area contributed by atoms with Crippen molar-refractivity contribution in [1.29, 1.82) is 0 Å². The zero-order chi connectivity index (χ0) is 15.7. The SMILES string of the molecule is Cc1cccc(N2C(=O)C[C@@H](Nc3ccccc3Br)C2=O)c1. The molecule has 0 radical (unpaired) electrons. The molecule has 2 amide bonds. The van der Waals surface area contributed by atoms with E-state index in [0.29, 0.717) is 5.69 Å². The van der Waals surface area contributed by atoms with Gasteiger partial charge < -0.3 is 5.32 Å². The van der Waals surface area contributed by atoms with Crippen LogP contribution in [0.3, 0.4) is 0 Å². The fraction of sp³-hybridized carbons (Fsp3) is 0.176. The van der Waals surface area contributed by atoms with E-state index in [1.165, 1.54) is 4.90 Å². The molecule has 5 heteroatoms. The van der Waals surface area contributed by atoms with E-state index in [0.717, 1.165) is 15.7 Å². The van der Waals surface area contributed by atoms with Crippen LogP contribution in [0, 0.1) is 6.92 Å². The summed E-state index contributed by atoms with van der Waals surface area (Å²) in [5.74, 6) is -0.397. The largest absolute Gasteiger partial charge is 0.372 e.